The number of aliphatic hydroxyl groups is 2. The van der Waals surface area contributed by atoms with Crippen LogP contribution in [0.2, 0.25) is 0 Å². The van der Waals surface area contributed by atoms with Crippen molar-refractivity contribution in [2.75, 3.05) is 7.11 Å². The molecule has 2 unspecified atom stereocenters. The SMILES string of the molecule is COC(=O)CC(O)C(O)c1ccc(F)nc1. The Kier molecular flexibility index (Phi) is 4.33. The highest BCUT2D eigenvalue weighted by Gasteiger charge is 2.22. The summed E-state index contributed by atoms with van der Waals surface area (Å²) in [6.07, 6.45) is -1.85. The van der Waals surface area contributed by atoms with Crippen molar-refractivity contribution in [2.45, 2.75) is 18.6 Å². The summed E-state index contributed by atoms with van der Waals surface area (Å²) in [6, 6.07) is 2.34. The fourth-order valence-electron chi connectivity index (χ4n) is 1.15. The molecule has 0 aromatic carbocycles. The summed E-state index contributed by atoms with van der Waals surface area (Å²) < 4.78 is 16.8. The Morgan fingerprint density at radius 1 is 1.56 bits per heavy atom. The van der Waals surface area contributed by atoms with Gasteiger partial charge in [0.25, 0.3) is 0 Å². The predicted molar refractivity (Wildman–Crippen MR) is 51.8 cm³/mol. The van der Waals surface area contributed by atoms with E-state index in [1.807, 2.05) is 0 Å². The maximum atomic E-state index is 12.5. The summed E-state index contributed by atoms with van der Waals surface area (Å²) in [4.78, 5) is 14.2. The summed E-state index contributed by atoms with van der Waals surface area (Å²) in [5, 5.41) is 19.1. The lowest BCUT2D eigenvalue weighted by atomic mass is 10.0. The van der Waals surface area contributed by atoms with E-state index in [-0.39, 0.29) is 12.0 Å². The molecule has 0 saturated heterocycles. The van der Waals surface area contributed by atoms with Gasteiger partial charge in [0.15, 0.2) is 0 Å². The minimum Gasteiger partial charge on any atom is -0.469 e. The quantitative estimate of drug-likeness (QED) is 0.568. The fourth-order valence-corrected chi connectivity index (χ4v) is 1.15. The van der Waals surface area contributed by atoms with Gasteiger partial charge in [-0.15, -0.1) is 0 Å². The molecule has 0 amide bonds. The van der Waals surface area contributed by atoms with Crippen molar-refractivity contribution < 1.29 is 24.1 Å². The highest BCUT2D eigenvalue weighted by molar-refractivity contribution is 5.69. The zero-order chi connectivity index (χ0) is 12.1. The van der Waals surface area contributed by atoms with Crippen molar-refractivity contribution in [1.29, 1.82) is 0 Å². The molecule has 0 aliphatic heterocycles. The van der Waals surface area contributed by atoms with E-state index in [1.165, 1.54) is 13.2 Å². The van der Waals surface area contributed by atoms with E-state index in [1.54, 1.807) is 0 Å². The lowest BCUT2D eigenvalue weighted by molar-refractivity contribution is -0.144. The van der Waals surface area contributed by atoms with Gasteiger partial charge >= 0.3 is 5.97 Å². The van der Waals surface area contributed by atoms with E-state index in [4.69, 9.17) is 0 Å². The normalized spacial score (nSPS) is 14.2. The Morgan fingerprint density at radius 2 is 2.25 bits per heavy atom. The van der Waals surface area contributed by atoms with Gasteiger partial charge in [0.1, 0.15) is 6.10 Å². The number of aliphatic hydroxyl groups excluding tert-OH is 2. The van der Waals surface area contributed by atoms with Crippen LogP contribution in [-0.4, -0.2) is 34.4 Å². The summed E-state index contributed by atoms with van der Waals surface area (Å²) in [7, 11) is 1.18. The molecule has 2 atom stereocenters. The molecular formula is C10H12FNO4. The molecule has 1 aromatic rings. The number of hydrogen-bond donors (Lipinski definition) is 2. The number of hydrogen-bond acceptors (Lipinski definition) is 5. The third-order valence-corrected chi connectivity index (χ3v) is 2.06. The number of pyridine rings is 1. The largest absolute Gasteiger partial charge is 0.469 e. The summed E-state index contributed by atoms with van der Waals surface area (Å²) >= 11 is 0. The number of halogens is 1. The molecule has 0 bridgehead atoms. The number of aromatic nitrogens is 1. The van der Waals surface area contributed by atoms with Gasteiger partial charge in [0.05, 0.1) is 19.6 Å². The van der Waals surface area contributed by atoms with E-state index in [0.29, 0.717) is 0 Å². The van der Waals surface area contributed by atoms with Crippen molar-refractivity contribution in [3.05, 3.63) is 29.8 Å². The van der Waals surface area contributed by atoms with Crippen LogP contribution < -0.4 is 0 Å². The lowest BCUT2D eigenvalue weighted by Crippen LogP contribution is -2.22. The predicted octanol–water partition coefficient (Wildman–Crippen LogP) is 0.178. The van der Waals surface area contributed by atoms with E-state index in [2.05, 4.69) is 9.72 Å². The van der Waals surface area contributed by atoms with Crippen LogP contribution >= 0.6 is 0 Å². The Bertz CT molecular complexity index is 354. The van der Waals surface area contributed by atoms with Crippen molar-refractivity contribution in [3.63, 3.8) is 0 Å². The number of ether oxygens (including phenoxy) is 1. The average molecular weight is 229 g/mol. The van der Waals surface area contributed by atoms with Crippen LogP contribution in [0, 0.1) is 5.95 Å². The van der Waals surface area contributed by atoms with Gasteiger partial charge in [-0.3, -0.25) is 4.79 Å². The summed E-state index contributed by atoms with van der Waals surface area (Å²) in [5.41, 5.74) is 0.234. The zero-order valence-corrected chi connectivity index (χ0v) is 8.63. The molecule has 0 fully saturated rings. The van der Waals surface area contributed by atoms with Gasteiger partial charge in [-0.1, -0.05) is 6.07 Å². The highest BCUT2D eigenvalue weighted by Crippen LogP contribution is 2.18. The van der Waals surface area contributed by atoms with Crippen LogP contribution in [0.15, 0.2) is 18.3 Å². The van der Waals surface area contributed by atoms with Crippen LogP contribution in [0.4, 0.5) is 4.39 Å². The Hall–Kier alpha value is -1.53. The minimum absolute atomic E-state index is 0.234. The second kappa shape index (κ2) is 5.53. The second-order valence-electron chi connectivity index (χ2n) is 3.21. The number of carbonyl (C=O) groups is 1. The fraction of sp³-hybridized carbons (Fsp3) is 0.400. The monoisotopic (exact) mass is 229 g/mol. The molecule has 0 aliphatic rings. The third kappa shape index (κ3) is 3.25. The highest BCUT2D eigenvalue weighted by atomic mass is 19.1. The van der Waals surface area contributed by atoms with Gasteiger partial charge in [0, 0.05) is 11.8 Å². The molecule has 0 spiro atoms. The molecule has 16 heavy (non-hydrogen) atoms. The van der Waals surface area contributed by atoms with Gasteiger partial charge < -0.3 is 14.9 Å². The van der Waals surface area contributed by atoms with Gasteiger partial charge in [-0.2, -0.15) is 4.39 Å². The molecule has 2 N–H and O–H groups in total. The van der Waals surface area contributed by atoms with Crippen LogP contribution in [0.3, 0.4) is 0 Å². The smallest absolute Gasteiger partial charge is 0.308 e. The average Bonchev–Trinajstić information content (AvgIpc) is 2.28. The van der Waals surface area contributed by atoms with Crippen molar-refractivity contribution in [2.24, 2.45) is 0 Å². The van der Waals surface area contributed by atoms with Crippen LogP contribution in [0.5, 0.6) is 0 Å². The van der Waals surface area contributed by atoms with Crippen molar-refractivity contribution in [1.82, 2.24) is 4.98 Å². The number of esters is 1. The zero-order valence-electron chi connectivity index (χ0n) is 8.63. The van der Waals surface area contributed by atoms with Crippen LogP contribution in [0.1, 0.15) is 18.1 Å². The topological polar surface area (TPSA) is 79.7 Å². The molecule has 1 aromatic heterocycles. The van der Waals surface area contributed by atoms with E-state index < -0.39 is 24.1 Å². The first-order valence-corrected chi connectivity index (χ1v) is 4.59. The third-order valence-electron chi connectivity index (χ3n) is 2.06. The molecule has 6 heteroatoms. The van der Waals surface area contributed by atoms with Crippen LogP contribution in [0.25, 0.3) is 0 Å². The van der Waals surface area contributed by atoms with Crippen molar-refractivity contribution in [3.8, 4) is 0 Å². The Balaban J connectivity index is 2.66. The van der Waals surface area contributed by atoms with E-state index >= 15 is 0 Å². The molecule has 0 saturated carbocycles. The molecule has 0 radical (unpaired) electrons. The second-order valence-corrected chi connectivity index (χ2v) is 3.21. The molecule has 1 rings (SSSR count). The van der Waals surface area contributed by atoms with Gasteiger partial charge in [0.2, 0.25) is 5.95 Å². The van der Waals surface area contributed by atoms with Gasteiger partial charge in [-0.05, 0) is 6.07 Å². The Morgan fingerprint density at radius 3 is 2.75 bits per heavy atom. The van der Waals surface area contributed by atoms with Crippen molar-refractivity contribution >= 4 is 5.97 Å². The van der Waals surface area contributed by atoms with E-state index in [0.717, 1.165) is 12.3 Å². The number of carbonyl (C=O) groups excluding carboxylic acids is 1. The standard InChI is InChI=1S/C10H12FNO4/c1-16-9(14)4-7(13)10(15)6-2-3-8(11)12-5-6/h2-3,5,7,10,13,15H,4H2,1H3. The molecular weight excluding hydrogens is 217 g/mol. The molecule has 1 heterocycles. The molecule has 88 valence electrons. The first kappa shape index (κ1) is 12.5. The van der Waals surface area contributed by atoms with E-state index in [9.17, 15) is 19.4 Å². The lowest BCUT2D eigenvalue weighted by Gasteiger charge is -2.16. The first-order chi connectivity index (χ1) is 7.54. The Labute approximate surface area is 91.5 Å². The first-order valence-electron chi connectivity index (χ1n) is 4.59. The number of methoxy groups -OCH3 is 1. The minimum atomic E-state index is -1.31. The maximum absolute atomic E-state index is 12.5. The molecule has 5 nitrogen and oxygen atoms in total. The summed E-state index contributed by atoms with van der Waals surface area (Å²) in [5.74, 6) is -1.32. The number of rotatable bonds is 4. The van der Waals surface area contributed by atoms with Gasteiger partial charge in [-0.25, -0.2) is 4.98 Å². The van der Waals surface area contributed by atoms with Crippen LogP contribution in [-0.2, 0) is 9.53 Å². The molecule has 0 aliphatic carbocycles. The summed E-state index contributed by atoms with van der Waals surface area (Å²) in [6.45, 7) is 0. The number of nitrogens with zero attached hydrogens (tertiary/aromatic N) is 1. The maximum Gasteiger partial charge on any atom is 0.308 e.